The second-order valence-electron chi connectivity index (χ2n) is 5.10. The molecule has 0 radical (unpaired) electrons. The van der Waals surface area contributed by atoms with E-state index in [4.69, 9.17) is 5.84 Å². The number of nitrogens with zero attached hydrogens (tertiary/aromatic N) is 1. The lowest BCUT2D eigenvalue weighted by Crippen LogP contribution is -2.37. The third-order valence-corrected chi connectivity index (χ3v) is 5.04. The van der Waals surface area contributed by atoms with Crippen molar-refractivity contribution in [1.82, 2.24) is 9.71 Å². The molecule has 0 atom stereocenters. The number of pyridine rings is 1. The first-order valence-electron chi connectivity index (χ1n) is 6.46. The summed E-state index contributed by atoms with van der Waals surface area (Å²) in [7, 11) is -3.48. The van der Waals surface area contributed by atoms with Gasteiger partial charge >= 0.3 is 0 Å². The van der Waals surface area contributed by atoms with Crippen LogP contribution in [0.3, 0.4) is 0 Å². The predicted octanol–water partition coefficient (Wildman–Crippen LogP) is 1.22. The standard InChI is InChI=1S/C12H20N4O2S/c1-9-2-4-10(5-3-9)16-19(17,18)11-6-7-12(15-13)14-8-11/h6-10,16H,2-5,13H2,1H3,(H,14,15). The largest absolute Gasteiger partial charge is 0.308 e. The zero-order chi connectivity index (χ0) is 13.9. The minimum absolute atomic E-state index is 0.0357. The maximum absolute atomic E-state index is 12.2. The Balaban J connectivity index is 2.05. The first-order chi connectivity index (χ1) is 9.01. The van der Waals surface area contributed by atoms with Crippen molar-refractivity contribution in [3.63, 3.8) is 0 Å². The molecule has 0 bridgehead atoms. The molecule has 7 heteroatoms. The summed E-state index contributed by atoms with van der Waals surface area (Å²) in [4.78, 5) is 4.08. The number of nitrogen functional groups attached to an aromatic ring is 1. The lowest BCUT2D eigenvalue weighted by molar-refractivity contribution is 0.332. The van der Waals surface area contributed by atoms with Gasteiger partial charge in [0.2, 0.25) is 10.0 Å². The molecular formula is C12H20N4O2S. The van der Waals surface area contributed by atoms with Crippen molar-refractivity contribution in [3.05, 3.63) is 18.3 Å². The van der Waals surface area contributed by atoms with Crippen LogP contribution in [0.5, 0.6) is 0 Å². The first kappa shape index (κ1) is 14.2. The van der Waals surface area contributed by atoms with Crippen molar-refractivity contribution in [3.8, 4) is 0 Å². The fourth-order valence-electron chi connectivity index (χ4n) is 2.29. The van der Waals surface area contributed by atoms with Gasteiger partial charge in [-0.1, -0.05) is 6.92 Å². The molecule has 2 rings (SSSR count). The molecule has 1 aliphatic rings. The van der Waals surface area contributed by atoms with E-state index in [1.165, 1.54) is 18.3 Å². The summed E-state index contributed by atoms with van der Waals surface area (Å²) in [5.41, 5.74) is 2.37. The third kappa shape index (κ3) is 3.65. The fourth-order valence-corrected chi connectivity index (χ4v) is 3.54. The molecule has 0 amide bonds. The molecule has 19 heavy (non-hydrogen) atoms. The Bertz CT molecular complexity index is 507. The Hall–Kier alpha value is -1.18. The number of sulfonamides is 1. The van der Waals surface area contributed by atoms with E-state index in [2.05, 4.69) is 22.1 Å². The lowest BCUT2D eigenvalue weighted by atomic mass is 9.88. The highest BCUT2D eigenvalue weighted by Gasteiger charge is 2.24. The van der Waals surface area contributed by atoms with Crippen molar-refractivity contribution in [2.75, 3.05) is 5.43 Å². The molecular weight excluding hydrogens is 264 g/mol. The molecule has 1 aromatic rings. The molecule has 0 aliphatic heterocycles. The van der Waals surface area contributed by atoms with Gasteiger partial charge in [-0.05, 0) is 43.7 Å². The lowest BCUT2D eigenvalue weighted by Gasteiger charge is -2.26. The maximum Gasteiger partial charge on any atom is 0.242 e. The molecule has 1 aromatic heterocycles. The zero-order valence-corrected chi connectivity index (χ0v) is 11.8. The Morgan fingerprint density at radius 2 is 1.95 bits per heavy atom. The van der Waals surface area contributed by atoms with Gasteiger partial charge in [-0.3, -0.25) is 0 Å². The van der Waals surface area contributed by atoms with Crippen LogP contribution in [0.2, 0.25) is 0 Å². The molecule has 0 spiro atoms. The predicted molar refractivity (Wildman–Crippen MR) is 73.8 cm³/mol. The second-order valence-corrected chi connectivity index (χ2v) is 6.82. The molecule has 0 saturated heterocycles. The minimum atomic E-state index is -3.48. The van der Waals surface area contributed by atoms with E-state index < -0.39 is 10.0 Å². The summed E-state index contributed by atoms with van der Waals surface area (Å²) in [6, 6.07) is 3.07. The quantitative estimate of drug-likeness (QED) is 0.570. The van der Waals surface area contributed by atoms with Crippen LogP contribution in [0.25, 0.3) is 0 Å². The van der Waals surface area contributed by atoms with Crippen LogP contribution in [-0.2, 0) is 10.0 Å². The number of anilines is 1. The SMILES string of the molecule is CC1CCC(NS(=O)(=O)c2ccc(NN)nc2)CC1. The topological polar surface area (TPSA) is 97.1 Å². The molecule has 6 nitrogen and oxygen atoms in total. The van der Waals surface area contributed by atoms with Crippen molar-refractivity contribution in [2.45, 2.75) is 43.5 Å². The van der Waals surface area contributed by atoms with E-state index >= 15 is 0 Å². The number of hydrogen-bond acceptors (Lipinski definition) is 5. The van der Waals surface area contributed by atoms with Gasteiger partial charge in [0.25, 0.3) is 0 Å². The van der Waals surface area contributed by atoms with Gasteiger partial charge < -0.3 is 5.43 Å². The second kappa shape index (κ2) is 5.85. The zero-order valence-electron chi connectivity index (χ0n) is 11.0. The average Bonchev–Trinajstić information content (AvgIpc) is 2.41. The summed E-state index contributed by atoms with van der Waals surface area (Å²) < 4.78 is 27.1. The Kier molecular flexibility index (Phi) is 4.38. The van der Waals surface area contributed by atoms with Crippen LogP contribution in [-0.4, -0.2) is 19.4 Å². The van der Waals surface area contributed by atoms with Gasteiger partial charge in [0.1, 0.15) is 10.7 Å². The van der Waals surface area contributed by atoms with Crippen molar-refractivity contribution < 1.29 is 8.42 Å². The highest BCUT2D eigenvalue weighted by atomic mass is 32.2. The first-order valence-corrected chi connectivity index (χ1v) is 7.94. The van der Waals surface area contributed by atoms with Gasteiger partial charge in [-0.2, -0.15) is 0 Å². The highest BCUT2D eigenvalue weighted by Crippen LogP contribution is 2.24. The summed E-state index contributed by atoms with van der Waals surface area (Å²) in [6.07, 6.45) is 5.25. The van der Waals surface area contributed by atoms with Crippen LogP contribution >= 0.6 is 0 Å². The van der Waals surface area contributed by atoms with Crippen molar-refractivity contribution in [2.24, 2.45) is 11.8 Å². The van der Waals surface area contributed by atoms with Crippen molar-refractivity contribution in [1.29, 1.82) is 0 Å². The molecule has 1 aliphatic carbocycles. The minimum Gasteiger partial charge on any atom is -0.308 e. The number of rotatable bonds is 4. The van der Waals surface area contributed by atoms with Gasteiger partial charge in [0, 0.05) is 12.2 Å². The van der Waals surface area contributed by atoms with E-state index in [0.29, 0.717) is 11.7 Å². The molecule has 1 fully saturated rings. The van der Waals surface area contributed by atoms with E-state index in [9.17, 15) is 8.42 Å². The molecule has 0 aromatic carbocycles. The molecule has 0 unspecified atom stereocenters. The third-order valence-electron chi connectivity index (χ3n) is 3.53. The summed E-state index contributed by atoms with van der Waals surface area (Å²) in [6.45, 7) is 2.20. The van der Waals surface area contributed by atoms with Gasteiger partial charge in [0.15, 0.2) is 0 Å². The van der Waals surface area contributed by atoms with Crippen molar-refractivity contribution >= 4 is 15.8 Å². The number of nitrogens with one attached hydrogen (secondary N) is 2. The number of nitrogens with two attached hydrogens (primary N) is 1. The van der Waals surface area contributed by atoms with E-state index in [-0.39, 0.29) is 10.9 Å². The number of hydrazine groups is 1. The van der Waals surface area contributed by atoms with Crippen LogP contribution in [0.1, 0.15) is 32.6 Å². The fraction of sp³-hybridized carbons (Fsp3) is 0.583. The smallest absolute Gasteiger partial charge is 0.242 e. The Morgan fingerprint density at radius 1 is 1.26 bits per heavy atom. The summed E-state index contributed by atoms with van der Waals surface area (Å²) in [5.74, 6) is 6.32. The van der Waals surface area contributed by atoms with Crippen LogP contribution < -0.4 is 16.0 Å². The molecule has 106 valence electrons. The highest BCUT2D eigenvalue weighted by molar-refractivity contribution is 7.89. The number of aromatic nitrogens is 1. The van der Waals surface area contributed by atoms with E-state index in [1.54, 1.807) is 0 Å². The Morgan fingerprint density at radius 3 is 2.47 bits per heavy atom. The van der Waals surface area contributed by atoms with Crippen LogP contribution in [0.4, 0.5) is 5.82 Å². The van der Waals surface area contributed by atoms with Gasteiger partial charge in [0.05, 0.1) is 0 Å². The van der Waals surface area contributed by atoms with E-state index in [1.807, 2.05) is 0 Å². The number of hydrogen-bond donors (Lipinski definition) is 3. The Labute approximate surface area is 113 Å². The molecule has 1 heterocycles. The van der Waals surface area contributed by atoms with Crippen LogP contribution in [0, 0.1) is 5.92 Å². The van der Waals surface area contributed by atoms with E-state index in [0.717, 1.165) is 25.7 Å². The van der Waals surface area contributed by atoms with Crippen LogP contribution in [0.15, 0.2) is 23.2 Å². The molecule has 1 saturated carbocycles. The summed E-state index contributed by atoms with van der Waals surface area (Å²) >= 11 is 0. The van der Waals surface area contributed by atoms with Gasteiger partial charge in [-0.15, -0.1) is 0 Å². The maximum atomic E-state index is 12.2. The molecule has 4 N–H and O–H groups in total. The summed E-state index contributed by atoms with van der Waals surface area (Å²) in [5, 5.41) is 0. The van der Waals surface area contributed by atoms with Gasteiger partial charge in [-0.25, -0.2) is 24.0 Å². The average molecular weight is 284 g/mol. The normalized spacial score (nSPS) is 24.1. The monoisotopic (exact) mass is 284 g/mol.